The molecule has 0 heterocycles. The molecule has 1 N–H and O–H groups in total. The lowest BCUT2D eigenvalue weighted by atomic mass is 9.96. The number of carbonyl (C=O) groups is 2. The predicted molar refractivity (Wildman–Crippen MR) is 40.5 cm³/mol. The molecule has 0 unspecified atom stereocenters. The molecule has 0 aromatic rings. The molecular weight excluding hydrogens is 160 g/mol. The van der Waals surface area contributed by atoms with Crippen LogP contribution in [-0.2, 0) is 14.3 Å². The molecule has 66 valence electrons. The van der Waals surface area contributed by atoms with Crippen molar-refractivity contribution in [3.05, 3.63) is 12.2 Å². The van der Waals surface area contributed by atoms with Crippen molar-refractivity contribution in [2.24, 2.45) is 0 Å². The largest absolute Gasteiger partial charge is 0.478 e. The molecule has 1 aliphatic rings. The Labute approximate surface area is 69.8 Å². The number of hydrogen-bond donors (Lipinski definition) is 1. The lowest BCUT2D eigenvalue weighted by Crippen LogP contribution is -2.24. The quantitative estimate of drug-likeness (QED) is 0.500. The Hall–Kier alpha value is -1.32. The lowest BCUT2D eigenvalue weighted by molar-refractivity contribution is -0.147. The second-order valence-corrected chi connectivity index (χ2v) is 2.66. The van der Waals surface area contributed by atoms with E-state index >= 15 is 0 Å². The first-order chi connectivity index (χ1) is 5.68. The smallest absolute Gasteiger partial charge is 0.331 e. The molecule has 0 aromatic heterocycles. The van der Waals surface area contributed by atoms with Crippen LogP contribution >= 0.6 is 0 Å². The summed E-state index contributed by atoms with van der Waals surface area (Å²) in [5.74, 6) is -1.71. The van der Waals surface area contributed by atoms with Gasteiger partial charge >= 0.3 is 11.9 Å². The number of aliphatic carboxylic acids is 1. The number of carboxylic acids is 1. The zero-order valence-corrected chi connectivity index (χ0v) is 6.53. The van der Waals surface area contributed by atoms with Crippen molar-refractivity contribution in [1.82, 2.24) is 0 Å². The summed E-state index contributed by atoms with van der Waals surface area (Å²) in [5.41, 5.74) is 0. The monoisotopic (exact) mass is 170 g/mol. The normalized spacial score (nSPS) is 17.3. The number of carbonyl (C=O) groups excluding carboxylic acids is 1. The van der Waals surface area contributed by atoms with Crippen LogP contribution in [0.4, 0.5) is 0 Å². The fourth-order valence-electron chi connectivity index (χ4n) is 0.832. The Bertz CT molecular complexity index is 215. The molecule has 1 saturated carbocycles. The third-order valence-corrected chi connectivity index (χ3v) is 1.70. The van der Waals surface area contributed by atoms with Gasteiger partial charge in [0.1, 0.15) is 6.10 Å². The molecule has 0 spiro atoms. The van der Waals surface area contributed by atoms with Gasteiger partial charge < -0.3 is 9.84 Å². The summed E-state index contributed by atoms with van der Waals surface area (Å²) in [6, 6.07) is 0. The van der Waals surface area contributed by atoms with E-state index < -0.39 is 11.9 Å². The Kier molecular flexibility index (Phi) is 2.85. The first-order valence-electron chi connectivity index (χ1n) is 3.80. The first-order valence-corrected chi connectivity index (χ1v) is 3.80. The molecule has 4 nitrogen and oxygen atoms in total. The minimum Gasteiger partial charge on any atom is -0.478 e. The molecule has 0 saturated heterocycles. The van der Waals surface area contributed by atoms with Gasteiger partial charge in [-0.15, -0.1) is 0 Å². The maximum Gasteiger partial charge on any atom is 0.331 e. The van der Waals surface area contributed by atoms with Crippen molar-refractivity contribution in [2.75, 3.05) is 0 Å². The number of esters is 1. The summed E-state index contributed by atoms with van der Waals surface area (Å²) in [7, 11) is 0. The Balaban J connectivity index is 2.23. The van der Waals surface area contributed by atoms with Crippen molar-refractivity contribution in [3.8, 4) is 0 Å². The van der Waals surface area contributed by atoms with Gasteiger partial charge in [0, 0.05) is 12.2 Å². The van der Waals surface area contributed by atoms with Crippen molar-refractivity contribution in [1.29, 1.82) is 0 Å². The highest BCUT2D eigenvalue weighted by atomic mass is 16.5. The van der Waals surface area contributed by atoms with E-state index in [2.05, 4.69) is 0 Å². The molecule has 0 amide bonds. The van der Waals surface area contributed by atoms with E-state index in [4.69, 9.17) is 9.84 Å². The molecule has 0 bridgehead atoms. The molecule has 0 radical (unpaired) electrons. The first kappa shape index (κ1) is 8.77. The van der Waals surface area contributed by atoms with Gasteiger partial charge in [0.2, 0.25) is 0 Å². The summed E-state index contributed by atoms with van der Waals surface area (Å²) in [6.45, 7) is 0. The summed E-state index contributed by atoms with van der Waals surface area (Å²) in [5, 5.41) is 8.17. The van der Waals surface area contributed by atoms with Crippen molar-refractivity contribution >= 4 is 11.9 Å². The van der Waals surface area contributed by atoms with Gasteiger partial charge in [-0.25, -0.2) is 9.59 Å². The lowest BCUT2D eigenvalue weighted by Gasteiger charge is -2.24. The van der Waals surface area contributed by atoms with Gasteiger partial charge in [-0.3, -0.25) is 0 Å². The maximum atomic E-state index is 10.8. The highest BCUT2D eigenvalue weighted by Crippen LogP contribution is 2.21. The van der Waals surface area contributed by atoms with Gasteiger partial charge in [0.15, 0.2) is 0 Å². The van der Waals surface area contributed by atoms with Crippen molar-refractivity contribution in [3.63, 3.8) is 0 Å². The molecule has 1 rings (SSSR count). The zero-order valence-electron chi connectivity index (χ0n) is 6.53. The third kappa shape index (κ3) is 2.74. The molecule has 12 heavy (non-hydrogen) atoms. The summed E-state index contributed by atoms with van der Waals surface area (Å²) >= 11 is 0. The van der Waals surface area contributed by atoms with Crippen molar-refractivity contribution in [2.45, 2.75) is 25.4 Å². The minimum absolute atomic E-state index is 0.0101. The van der Waals surface area contributed by atoms with Crippen LogP contribution in [-0.4, -0.2) is 23.1 Å². The van der Waals surface area contributed by atoms with Gasteiger partial charge in [-0.05, 0) is 19.3 Å². The van der Waals surface area contributed by atoms with Crippen LogP contribution in [0.15, 0.2) is 12.2 Å². The van der Waals surface area contributed by atoms with Crippen LogP contribution in [0.3, 0.4) is 0 Å². The van der Waals surface area contributed by atoms with Crippen LogP contribution in [0.25, 0.3) is 0 Å². The SMILES string of the molecule is O=C(O)/C=C/C(=O)OC1CCC1. The predicted octanol–water partition coefficient (Wildman–Crippen LogP) is 0.723. The number of ether oxygens (including phenoxy) is 1. The van der Waals surface area contributed by atoms with E-state index in [-0.39, 0.29) is 6.10 Å². The maximum absolute atomic E-state index is 10.8. The van der Waals surface area contributed by atoms with Gasteiger partial charge in [-0.2, -0.15) is 0 Å². The molecule has 0 atom stereocenters. The second kappa shape index (κ2) is 3.90. The second-order valence-electron chi connectivity index (χ2n) is 2.66. The fourth-order valence-corrected chi connectivity index (χ4v) is 0.832. The molecule has 0 aromatic carbocycles. The number of hydrogen-bond acceptors (Lipinski definition) is 3. The molecule has 1 fully saturated rings. The Morgan fingerprint density at radius 2 is 2.00 bits per heavy atom. The zero-order chi connectivity index (χ0) is 8.97. The van der Waals surface area contributed by atoms with Crippen LogP contribution in [0.1, 0.15) is 19.3 Å². The highest BCUT2D eigenvalue weighted by Gasteiger charge is 2.20. The Morgan fingerprint density at radius 1 is 1.33 bits per heavy atom. The van der Waals surface area contributed by atoms with Crippen LogP contribution in [0.5, 0.6) is 0 Å². The number of rotatable bonds is 3. The van der Waals surface area contributed by atoms with Gasteiger partial charge in [-0.1, -0.05) is 0 Å². The van der Waals surface area contributed by atoms with E-state index in [1.807, 2.05) is 0 Å². The van der Waals surface area contributed by atoms with E-state index in [1.54, 1.807) is 0 Å². The third-order valence-electron chi connectivity index (χ3n) is 1.70. The summed E-state index contributed by atoms with van der Waals surface area (Å²) in [6.07, 6.45) is 4.60. The summed E-state index contributed by atoms with van der Waals surface area (Å²) in [4.78, 5) is 20.8. The molecule has 0 aliphatic heterocycles. The van der Waals surface area contributed by atoms with E-state index in [9.17, 15) is 9.59 Å². The van der Waals surface area contributed by atoms with Gasteiger partial charge in [0.05, 0.1) is 0 Å². The van der Waals surface area contributed by atoms with Crippen molar-refractivity contribution < 1.29 is 19.4 Å². The fraction of sp³-hybridized carbons (Fsp3) is 0.500. The van der Waals surface area contributed by atoms with Crippen LogP contribution in [0, 0.1) is 0 Å². The molecular formula is C8H10O4. The van der Waals surface area contributed by atoms with E-state index in [0.29, 0.717) is 0 Å². The summed E-state index contributed by atoms with van der Waals surface area (Å²) < 4.78 is 4.85. The number of carboxylic acid groups (broad SMARTS) is 1. The Morgan fingerprint density at radius 3 is 2.42 bits per heavy atom. The van der Waals surface area contributed by atoms with E-state index in [0.717, 1.165) is 31.4 Å². The average Bonchev–Trinajstić information content (AvgIpc) is 1.93. The topological polar surface area (TPSA) is 63.6 Å². The van der Waals surface area contributed by atoms with Gasteiger partial charge in [0.25, 0.3) is 0 Å². The minimum atomic E-state index is -1.14. The van der Waals surface area contributed by atoms with Crippen LogP contribution < -0.4 is 0 Å². The van der Waals surface area contributed by atoms with Crippen LogP contribution in [0.2, 0.25) is 0 Å². The molecule has 1 aliphatic carbocycles. The average molecular weight is 170 g/mol. The standard InChI is InChI=1S/C8H10O4/c9-7(10)4-5-8(11)12-6-2-1-3-6/h4-6H,1-3H2,(H,9,10)/b5-4+. The van der Waals surface area contributed by atoms with E-state index in [1.165, 1.54) is 0 Å². The molecule has 4 heteroatoms. The highest BCUT2D eigenvalue weighted by molar-refractivity contribution is 5.90.